The van der Waals surface area contributed by atoms with E-state index in [2.05, 4.69) is 69.5 Å². The monoisotopic (exact) mass is 416 g/mol. The van der Waals surface area contributed by atoms with Gasteiger partial charge in [0.1, 0.15) is 5.69 Å². The van der Waals surface area contributed by atoms with E-state index in [0.29, 0.717) is 0 Å². The summed E-state index contributed by atoms with van der Waals surface area (Å²) in [6, 6.07) is 10.3. The van der Waals surface area contributed by atoms with Crippen LogP contribution in [0.25, 0.3) is 11.3 Å². The van der Waals surface area contributed by atoms with Crippen LogP contribution in [0.3, 0.4) is 0 Å². The molecule has 108 valence electrons. The number of aryl methyl sites for hydroxylation is 1. The zero-order valence-corrected chi connectivity index (χ0v) is 15.2. The molecule has 3 aromatic rings. The molecule has 0 N–H and O–H groups in total. The van der Waals surface area contributed by atoms with Gasteiger partial charge in [0, 0.05) is 26.3 Å². The fourth-order valence-corrected chi connectivity index (χ4v) is 3.11. The molecule has 1 aromatic carbocycles. The quantitative estimate of drug-likeness (QED) is 0.420. The van der Waals surface area contributed by atoms with Crippen molar-refractivity contribution >= 4 is 33.9 Å². The predicted molar refractivity (Wildman–Crippen MR) is 100.0 cm³/mol. The van der Waals surface area contributed by atoms with E-state index in [9.17, 15) is 0 Å². The molecule has 0 bridgehead atoms. The Morgan fingerprint density at radius 2 is 1.95 bits per heavy atom. The molecule has 0 aliphatic rings. The summed E-state index contributed by atoms with van der Waals surface area (Å²) in [5.41, 5.74) is 5.12. The van der Waals surface area contributed by atoms with Gasteiger partial charge in [-0.05, 0) is 66.1 Å². The molecular formula is C18H13IN2S. The lowest BCUT2D eigenvalue weighted by Crippen LogP contribution is -1.90. The maximum absolute atomic E-state index is 4.54. The second kappa shape index (κ2) is 6.59. The third kappa shape index (κ3) is 3.37. The van der Waals surface area contributed by atoms with Gasteiger partial charge in [-0.25, -0.2) is 4.98 Å². The van der Waals surface area contributed by atoms with Crippen molar-refractivity contribution in [1.29, 1.82) is 0 Å². The Bertz CT molecular complexity index is 870. The van der Waals surface area contributed by atoms with E-state index in [0.717, 1.165) is 22.0 Å². The number of pyridine rings is 1. The van der Waals surface area contributed by atoms with Gasteiger partial charge in [-0.3, -0.25) is 4.98 Å². The van der Waals surface area contributed by atoms with Gasteiger partial charge < -0.3 is 0 Å². The molecule has 0 unspecified atom stereocenters. The number of aromatic nitrogens is 2. The van der Waals surface area contributed by atoms with E-state index in [1.165, 1.54) is 14.7 Å². The van der Waals surface area contributed by atoms with Crippen LogP contribution in [0.15, 0.2) is 41.9 Å². The van der Waals surface area contributed by atoms with Gasteiger partial charge in [-0.2, -0.15) is 0 Å². The molecule has 0 amide bonds. The highest BCUT2D eigenvalue weighted by Crippen LogP contribution is 2.24. The molecule has 2 aromatic heterocycles. The van der Waals surface area contributed by atoms with Crippen LogP contribution in [-0.2, 0) is 0 Å². The highest BCUT2D eigenvalue weighted by Gasteiger charge is 2.05. The van der Waals surface area contributed by atoms with Crippen molar-refractivity contribution in [3.63, 3.8) is 0 Å². The summed E-state index contributed by atoms with van der Waals surface area (Å²) in [6.07, 6.45) is 1.82. The summed E-state index contributed by atoms with van der Waals surface area (Å²) in [5.74, 6) is 6.18. The number of hydrogen-bond acceptors (Lipinski definition) is 3. The molecule has 0 radical (unpaired) electrons. The van der Waals surface area contributed by atoms with E-state index in [4.69, 9.17) is 0 Å². The minimum Gasteiger partial charge on any atom is -0.255 e. The van der Waals surface area contributed by atoms with Crippen molar-refractivity contribution in [2.75, 3.05) is 0 Å². The smallest absolute Gasteiger partial charge is 0.124 e. The second-order valence-corrected chi connectivity index (χ2v) is 7.07. The first kappa shape index (κ1) is 15.2. The van der Waals surface area contributed by atoms with Gasteiger partial charge in [0.2, 0.25) is 0 Å². The maximum Gasteiger partial charge on any atom is 0.124 e. The Kier molecular flexibility index (Phi) is 4.55. The van der Waals surface area contributed by atoms with Crippen molar-refractivity contribution < 1.29 is 0 Å². The highest BCUT2D eigenvalue weighted by molar-refractivity contribution is 14.1. The summed E-state index contributed by atoms with van der Waals surface area (Å²) in [4.78, 5) is 8.88. The van der Waals surface area contributed by atoms with Crippen LogP contribution in [-0.4, -0.2) is 9.97 Å². The highest BCUT2D eigenvalue weighted by atomic mass is 127. The molecule has 3 rings (SSSR count). The van der Waals surface area contributed by atoms with Crippen molar-refractivity contribution in [3.05, 3.63) is 67.3 Å². The molecule has 0 atom stereocenters. The van der Waals surface area contributed by atoms with Crippen LogP contribution in [0, 0.1) is 29.3 Å². The first-order valence-electron chi connectivity index (χ1n) is 6.79. The number of rotatable bonds is 1. The Labute approximate surface area is 147 Å². The van der Waals surface area contributed by atoms with Crippen LogP contribution in [0.1, 0.15) is 21.8 Å². The molecule has 0 spiro atoms. The summed E-state index contributed by atoms with van der Waals surface area (Å²) in [6.45, 7) is 4.10. The van der Waals surface area contributed by atoms with Gasteiger partial charge in [0.05, 0.1) is 10.7 Å². The fourth-order valence-electron chi connectivity index (χ4n) is 2.07. The number of halogens is 1. The predicted octanol–water partition coefficient (Wildman–Crippen LogP) is 4.83. The molecule has 2 nitrogen and oxygen atoms in total. The third-order valence-electron chi connectivity index (χ3n) is 3.26. The van der Waals surface area contributed by atoms with Crippen molar-refractivity contribution in [3.8, 4) is 23.1 Å². The van der Waals surface area contributed by atoms with Gasteiger partial charge in [-0.1, -0.05) is 18.1 Å². The van der Waals surface area contributed by atoms with E-state index in [1.807, 2.05) is 30.6 Å². The molecular weight excluding hydrogens is 403 g/mol. The number of nitrogens with zero attached hydrogens (tertiary/aromatic N) is 2. The van der Waals surface area contributed by atoms with E-state index >= 15 is 0 Å². The van der Waals surface area contributed by atoms with Crippen LogP contribution < -0.4 is 0 Å². The lowest BCUT2D eigenvalue weighted by Gasteiger charge is -2.06. The molecule has 22 heavy (non-hydrogen) atoms. The van der Waals surface area contributed by atoms with E-state index < -0.39 is 0 Å². The minimum absolute atomic E-state index is 0.819. The third-order valence-corrected chi connectivity index (χ3v) is 5.20. The summed E-state index contributed by atoms with van der Waals surface area (Å²) in [7, 11) is 0. The molecule has 0 fully saturated rings. The largest absolute Gasteiger partial charge is 0.255 e. The Balaban J connectivity index is 1.87. The van der Waals surface area contributed by atoms with Crippen molar-refractivity contribution in [2.45, 2.75) is 13.8 Å². The average molecular weight is 416 g/mol. The standard InChI is InChI=1S/C18H13IN2S/c1-12-16(4-3-5-17(12)19)18-9-7-14(10-20-18)6-8-15-11-22-13(2)21-15/h3-5,7,9-11H,1-2H3. The molecule has 0 saturated carbocycles. The summed E-state index contributed by atoms with van der Waals surface area (Å²) < 4.78 is 1.25. The number of thiazole rings is 1. The Morgan fingerprint density at radius 3 is 2.64 bits per heavy atom. The van der Waals surface area contributed by atoms with Crippen LogP contribution in [0.5, 0.6) is 0 Å². The Hall–Kier alpha value is -1.71. The molecule has 0 aliphatic carbocycles. The van der Waals surface area contributed by atoms with Gasteiger partial charge in [0.25, 0.3) is 0 Å². The molecule has 2 heterocycles. The fraction of sp³-hybridized carbons (Fsp3) is 0.111. The van der Waals surface area contributed by atoms with Crippen LogP contribution in [0.2, 0.25) is 0 Å². The van der Waals surface area contributed by atoms with Crippen molar-refractivity contribution in [1.82, 2.24) is 9.97 Å². The lowest BCUT2D eigenvalue weighted by molar-refractivity contribution is 1.27. The average Bonchev–Trinajstić information content (AvgIpc) is 2.94. The van der Waals surface area contributed by atoms with E-state index in [1.54, 1.807) is 11.3 Å². The van der Waals surface area contributed by atoms with Gasteiger partial charge in [0.15, 0.2) is 0 Å². The molecule has 0 aliphatic heterocycles. The topological polar surface area (TPSA) is 25.8 Å². The number of hydrogen-bond donors (Lipinski definition) is 0. The zero-order chi connectivity index (χ0) is 15.5. The first-order chi connectivity index (χ1) is 10.6. The van der Waals surface area contributed by atoms with Crippen LogP contribution >= 0.6 is 33.9 Å². The second-order valence-electron chi connectivity index (χ2n) is 4.85. The summed E-state index contributed by atoms with van der Waals surface area (Å²) in [5, 5.41) is 3.01. The Morgan fingerprint density at radius 1 is 1.09 bits per heavy atom. The SMILES string of the molecule is Cc1nc(C#Cc2ccc(-c3cccc(I)c3C)nc2)cs1. The minimum atomic E-state index is 0.819. The van der Waals surface area contributed by atoms with Gasteiger partial charge >= 0.3 is 0 Å². The maximum atomic E-state index is 4.54. The molecule has 0 saturated heterocycles. The van der Waals surface area contributed by atoms with Gasteiger partial charge in [-0.15, -0.1) is 11.3 Å². The zero-order valence-electron chi connectivity index (χ0n) is 12.2. The molecule has 4 heteroatoms. The van der Waals surface area contributed by atoms with Crippen molar-refractivity contribution in [2.24, 2.45) is 0 Å². The summed E-state index contributed by atoms with van der Waals surface area (Å²) >= 11 is 3.96. The van der Waals surface area contributed by atoms with Crippen LogP contribution in [0.4, 0.5) is 0 Å². The normalized spacial score (nSPS) is 10.1. The number of benzene rings is 1. The van der Waals surface area contributed by atoms with E-state index in [-0.39, 0.29) is 0 Å². The first-order valence-corrected chi connectivity index (χ1v) is 8.75. The lowest BCUT2D eigenvalue weighted by atomic mass is 10.0.